The van der Waals surface area contributed by atoms with Crippen molar-refractivity contribution in [3.63, 3.8) is 0 Å². The highest BCUT2D eigenvalue weighted by Crippen LogP contribution is 2.39. The van der Waals surface area contributed by atoms with Gasteiger partial charge >= 0.3 is 0 Å². The van der Waals surface area contributed by atoms with Crippen LogP contribution in [0.15, 0.2) is 83.5 Å². The first-order chi connectivity index (χ1) is 21.5. The van der Waals surface area contributed by atoms with Crippen LogP contribution in [0.2, 0.25) is 5.02 Å². The van der Waals surface area contributed by atoms with Crippen molar-refractivity contribution in [2.45, 2.75) is 19.9 Å². The van der Waals surface area contributed by atoms with Gasteiger partial charge in [0.25, 0.3) is 6.01 Å². The lowest BCUT2D eigenvalue weighted by molar-refractivity contribution is -0.132. The minimum Gasteiger partial charge on any atom is -0.456 e. The summed E-state index contributed by atoms with van der Waals surface area (Å²) >= 11 is 7.59. The summed E-state index contributed by atoms with van der Waals surface area (Å²) in [7, 11) is 0. The number of thiophene rings is 1. The molecule has 7 rings (SSSR count). The van der Waals surface area contributed by atoms with Crippen molar-refractivity contribution in [3.8, 4) is 22.1 Å². The lowest BCUT2D eigenvalue weighted by Gasteiger charge is -2.34. The van der Waals surface area contributed by atoms with Gasteiger partial charge in [0, 0.05) is 74.4 Å². The molecule has 44 heavy (non-hydrogen) atoms. The number of rotatable bonds is 8. The van der Waals surface area contributed by atoms with E-state index < -0.39 is 0 Å². The van der Waals surface area contributed by atoms with Crippen LogP contribution in [0.5, 0.6) is 11.5 Å². The Balaban J connectivity index is 1.04. The summed E-state index contributed by atoms with van der Waals surface area (Å²) in [4.78, 5) is 31.2. The molecule has 5 heterocycles. The van der Waals surface area contributed by atoms with E-state index in [-0.39, 0.29) is 5.91 Å². The van der Waals surface area contributed by atoms with Crippen molar-refractivity contribution in [1.29, 1.82) is 0 Å². The highest BCUT2D eigenvalue weighted by molar-refractivity contribution is 7.22. The number of piperazine rings is 1. The van der Waals surface area contributed by atoms with Crippen LogP contribution in [0, 0.1) is 0 Å². The van der Waals surface area contributed by atoms with Gasteiger partial charge in [-0.15, -0.1) is 11.3 Å². The molecule has 0 atom stereocenters. The number of nitrogens with one attached hydrogen (secondary N) is 1. The monoisotopic (exact) mass is 624 g/mol. The summed E-state index contributed by atoms with van der Waals surface area (Å²) in [6, 6.07) is 21.4. The van der Waals surface area contributed by atoms with E-state index in [0.717, 1.165) is 64.8 Å². The second-order valence-corrected chi connectivity index (χ2v) is 12.1. The molecule has 0 aliphatic carbocycles. The number of hydrogen-bond acceptors (Lipinski definition) is 9. The Hall–Kier alpha value is -4.51. The van der Waals surface area contributed by atoms with Crippen molar-refractivity contribution in [3.05, 3.63) is 89.7 Å². The SMILES string of the molecule is CCC(=O)N1CCN(Cc2ccc(-c3cc4nccc(Oc5ccc6oc(Nc7ccc(Cl)cc7)nc6c5)c4s3)nc2)CC1. The molecule has 4 aromatic heterocycles. The standard InChI is InChI=1S/C33H29ClN6O3S/c1-2-31(41)40-15-13-39(14-16-40)20-21-3-9-25(36-19-21)30-18-27-32(44-30)29(11-12-35-27)42-24-8-10-28-26(17-24)38-33(43-28)37-23-6-4-22(34)5-7-23/h3-12,17-19H,2,13-16,20H2,1H3,(H,37,38). The van der Waals surface area contributed by atoms with Gasteiger partial charge in [-0.1, -0.05) is 24.6 Å². The summed E-state index contributed by atoms with van der Waals surface area (Å²) in [5, 5.41) is 3.82. The number of ether oxygens (including phenoxy) is 1. The number of nitrogens with zero attached hydrogens (tertiary/aromatic N) is 5. The fraction of sp³-hybridized carbons (Fsp3) is 0.212. The van der Waals surface area contributed by atoms with Crippen LogP contribution in [0.4, 0.5) is 11.7 Å². The fourth-order valence-corrected chi connectivity index (χ4v) is 6.40. The van der Waals surface area contributed by atoms with Crippen molar-refractivity contribution >= 4 is 61.9 Å². The number of oxazole rings is 1. The largest absolute Gasteiger partial charge is 0.456 e. The van der Waals surface area contributed by atoms with Crippen molar-refractivity contribution in [2.75, 3.05) is 31.5 Å². The van der Waals surface area contributed by atoms with Crippen LogP contribution in [0.25, 0.3) is 31.9 Å². The molecule has 1 saturated heterocycles. The predicted molar refractivity (Wildman–Crippen MR) is 174 cm³/mol. The van der Waals surface area contributed by atoms with Crippen LogP contribution in [0.3, 0.4) is 0 Å². The van der Waals surface area contributed by atoms with Gasteiger partial charge in [-0.3, -0.25) is 19.7 Å². The smallest absolute Gasteiger partial charge is 0.300 e. The van der Waals surface area contributed by atoms with E-state index in [0.29, 0.717) is 40.1 Å². The topological polar surface area (TPSA) is 96.6 Å². The van der Waals surface area contributed by atoms with E-state index in [1.165, 1.54) is 0 Å². The van der Waals surface area contributed by atoms with E-state index >= 15 is 0 Å². The first kappa shape index (κ1) is 28.3. The van der Waals surface area contributed by atoms with Gasteiger partial charge < -0.3 is 19.4 Å². The molecular formula is C33H29ClN6O3S. The van der Waals surface area contributed by atoms with E-state index in [4.69, 9.17) is 25.7 Å². The molecule has 1 N–H and O–H groups in total. The second kappa shape index (κ2) is 12.2. The van der Waals surface area contributed by atoms with Crippen LogP contribution in [-0.2, 0) is 11.3 Å². The molecule has 0 spiro atoms. The van der Waals surface area contributed by atoms with E-state index in [1.54, 1.807) is 29.7 Å². The lowest BCUT2D eigenvalue weighted by atomic mass is 10.2. The van der Waals surface area contributed by atoms with Gasteiger partial charge in [0.05, 0.1) is 20.8 Å². The molecule has 1 aliphatic rings. The Labute approximate surface area is 263 Å². The second-order valence-electron chi connectivity index (χ2n) is 10.6. The van der Waals surface area contributed by atoms with Gasteiger partial charge in [-0.05, 0) is 54.1 Å². The van der Waals surface area contributed by atoms with Crippen molar-refractivity contribution < 1.29 is 13.9 Å². The normalized spacial score (nSPS) is 13.9. The number of carbonyl (C=O) groups excluding carboxylic acids is 1. The number of fused-ring (bicyclic) bond motifs is 2. The molecule has 0 bridgehead atoms. The quantitative estimate of drug-likeness (QED) is 0.184. The number of carbonyl (C=O) groups is 1. The number of benzene rings is 2. The van der Waals surface area contributed by atoms with E-state index in [2.05, 4.69) is 32.3 Å². The van der Waals surface area contributed by atoms with Gasteiger partial charge in [-0.2, -0.15) is 4.98 Å². The predicted octanol–water partition coefficient (Wildman–Crippen LogP) is 7.74. The zero-order valence-electron chi connectivity index (χ0n) is 24.0. The van der Waals surface area contributed by atoms with Crippen LogP contribution >= 0.6 is 22.9 Å². The molecular weight excluding hydrogens is 596 g/mol. The van der Waals surface area contributed by atoms with Crippen molar-refractivity contribution in [1.82, 2.24) is 24.8 Å². The molecule has 0 radical (unpaired) electrons. The third-order valence-corrected chi connectivity index (χ3v) is 8.98. The Kier molecular flexibility index (Phi) is 7.86. The number of pyridine rings is 2. The number of hydrogen-bond donors (Lipinski definition) is 1. The summed E-state index contributed by atoms with van der Waals surface area (Å²) in [6.07, 6.45) is 4.26. The average molecular weight is 625 g/mol. The maximum Gasteiger partial charge on any atom is 0.300 e. The van der Waals surface area contributed by atoms with Gasteiger partial charge in [0.1, 0.15) is 17.0 Å². The summed E-state index contributed by atoms with van der Waals surface area (Å²) < 4.78 is 13.1. The Morgan fingerprint density at radius 3 is 2.61 bits per heavy atom. The summed E-state index contributed by atoms with van der Waals surface area (Å²) in [6.45, 7) is 6.06. The van der Waals surface area contributed by atoms with Crippen LogP contribution in [0.1, 0.15) is 18.9 Å². The maximum absolute atomic E-state index is 12.0. The zero-order chi connectivity index (χ0) is 30.0. The number of halogens is 1. The first-order valence-electron chi connectivity index (χ1n) is 14.5. The highest BCUT2D eigenvalue weighted by atomic mass is 35.5. The van der Waals surface area contributed by atoms with Gasteiger partial charge in [0.2, 0.25) is 5.91 Å². The third-order valence-electron chi connectivity index (χ3n) is 7.57. The molecule has 9 nitrogen and oxygen atoms in total. The molecule has 6 aromatic rings. The minimum absolute atomic E-state index is 0.232. The summed E-state index contributed by atoms with van der Waals surface area (Å²) in [5.41, 5.74) is 5.05. The Bertz CT molecular complexity index is 1930. The molecule has 2 aromatic carbocycles. The van der Waals surface area contributed by atoms with E-state index in [1.807, 2.05) is 60.5 Å². The van der Waals surface area contributed by atoms with E-state index in [9.17, 15) is 4.79 Å². The fourth-order valence-electron chi connectivity index (χ4n) is 5.23. The number of aromatic nitrogens is 3. The number of amides is 1. The van der Waals surface area contributed by atoms with Gasteiger partial charge in [0.15, 0.2) is 5.58 Å². The summed E-state index contributed by atoms with van der Waals surface area (Å²) in [5.74, 6) is 1.59. The molecule has 11 heteroatoms. The molecule has 1 fully saturated rings. The average Bonchev–Trinajstić information content (AvgIpc) is 3.67. The van der Waals surface area contributed by atoms with Crippen molar-refractivity contribution in [2.24, 2.45) is 0 Å². The molecule has 222 valence electrons. The highest BCUT2D eigenvalue weighted by Gasteiger charge is 2.20. The Morgan fingerprint density at radius 1 is 1.00 bits per heavy atom. The zero-order valence-corrected chi connectivity index (χ0v) is 25.6. The molecule has 0 saturated carbocycles. The van der Waals surface area contributed by atoms with Crippen LogP contribution in [-0.4, -0.2) is 56.8 Å². The minimum atomic E-state index is 0.232. The molecule has 1 aliphatic heterocycles. The Morgan fingerprint density at radius 2 is 1.84 bits per heavy atom. The lowest BCUT2D eigenvalue weighted by Crippen LogP contribution is -2.48. The van der Waals surface area contributed by atoms with Gasteiger partial charge in [-0.25, -0.2) is 0 Å². The molecule has 0 unspecified atom stereocenters. The molecule has 1 amide bonds. The first-order valence-corrected chi connectivity index (χ1v) is 15.7. The number of anilines is 2. The van der Waals surface area contributed by atoms with Crippen LogP contribution < -0.4 is 10.1 Å². The maximum atomic E-state index is 12.0. The third kappa shape index (κ3) is 6.10.